The van der Waals surface area contributed by atoms with Crippen molar-refractivity contribution in [2.45, 2.75) is 6.92 Å². The fourth-order valence-electron chi connectivity index (χ4n) is 2.31. The molecule has 23 heavy (non-hydrogen) atoms. The number of hydrogen-bond donors (Lipinski definition) is 1. The molecule has 0 aliphatic carbocycles. The second kappa shape index (κ2) is 5.60. The molecule has 0 radical (unpaired) electrons. The van der Waals surface area contributed by atoms with E-state index in [1.807, 2.05) is 43.3 Å². The van der Waals surface area contributed by atoms with Crippen molar-refractivity contribution >= 4 is 50.9 Å². The van der Waals surface area contributed by atoms with Gasteiger partial charge in [-0.05, 0) is 19.1 Å². The lowest BCUT2D eigenvalue weighted by atomic mass is 10.2. The summed E-state index contributed by atoms with van der Waals surface area (Å²) < 4.78 is 2.38. The normalized spacial score (nSPS) is 12.2. The number of aromatic nitrogens is 4. The molecule has 4 rings (SSSR count). The third-order valence-electron chi connectivity index (χ3n) is 3.42. The van der Waals surface area contributed by atoms with Crippen molar-refractivity contribution in [3.63, 3.8) is 0 Å². The molecule has 0 bridgehead atoms. The van der Waals surface area contributed by atoms with Crippen LogP contribution in [-0.2, 0) is 0 Å². The Balaban J connectivity index is 1.78. The monoisotopic (exact) mass is 342 g/mol. The van der Waals surface area contributed by atoms with Crippen LogP contribution in [0.5, 0.6) is 0 Å². The summed E-state index contributed by atoms with van der Waals surface area (Å²) in [5, 5.41) is 18.8. The maximum Gasteiger partial charge on any atom is 0.185 e. The topological polar surface area (TPSA) is 67.5 Å². The summed E-state index contributed by atoms with van der Waals surface area (Å²) in [7, 11) is 0. The Morgan fingerprint density at radius 1 is 1.22 bits per heavy atom. The van der Waals surface area contributed by atoms with Crippen molar-refractivity contribution in [2.75, 3.05) is 5.43 Å². The van der Waals surface area contributed by atoms with Crippen LogP contribution in [0.25, 0.3) is 16.4 Å². The molecule has 0 aliphatic rings. The highest BCUT2D eigenvalue weighted by molar-refractivity contribution is 7.18. The molecule has 0 atom stereocenters. The van der Waals surface area contributed by atoms with E-state index in [1.165, 1.54) is 11.3 Å². The lowest BCUT2D eigenvalue weighted by Crippen LogP contribution is -2.03. The van der Waals surface area contributed by atoms with Gasteiger partial charge in [-0.25, -0.2) is 0 Å². The Morgan fingerprint density at radius 3 is 2.83 bits per heavy atom. The second-order valence-corrected chi connectivity index (χ2v) is 6.62. The van der Waals surface area contributed by atoms with Crippen LogP contribution in [0.15, 0.2) is 47.8 Å². The maximum absolute atomic E-state index is 5.97. The Labute approximate surface area is 140 Å². The van der Waals surface area contributed by atoms with Gasteiger partial charge in [0.05, 0.1) is 14.9 Å². The van der Waals surface area contributed by atoms with Crippen LogP contribution in [0.1, 0.15) is 11.8 Å². The molecular weight excluding hydrogens is 332 g/mol. The Kier molecular flexibility index (Phi) is 3.44. The summed E-state index contributed by atoms with van der Waals surface area (Å²) in [6, 6.07) is 11.7. The van der Waals surface area contributed by atoms with Crippen LogP contribution in [0.3, 0.4) is 0 Å². The molecule has 8 heteroatoms. The number of fused-ring (bicyclic) bond motifs is 3. The van der Waals surface area contributed by atoms with Gasteiger partial charge in [-0.3, -0.25) is 5.43 Å². The molecule has 0 saturated carbocycles. The van der Waals surface area contributed by atoms with Gasteiger partial charge in [0, 0.05) is 10.8 Å². The summed E-state index contributed by atoms with van der Waals surface area (Å²) in [6.45, 7) is 1.93. The fraction of sp³-hybridized carbons (Fsp3) is 0.0667. The van der Waals surface area contributed by atoms with Crippen LogP contribution < -0.4 is 5.43 Å². The number of thiophene rings is 1. The molecular formula is C15H11ClN6S. The minimum absolute atomic E-state index is 0.648. The van der Waals surface area contributed by atoms with Crippen molar-refractivity contribution < 1.29 is 0 Å². The largest absolute Gasteiger partial charge is 0.259 e. The minimum atomic E-state index is 0.648. The zero-order valence-electron chi connectivity index (χ0n) is 12.1. The summed E-state index contributed by atoms with van der Waals surface area (Å²) in [5.41, 5.74) is 4.60. The van der Waals surface area contributed by atoms with E-state index >= 15 is 0 Å². The van der Waals surface area contributed by atoms with Gasteiger partial charge in [-0.15, -0.1) is 26.6 Å². The standard InChI is InChI=1S/C15H11ClN6S/c1-9(12-6-7-13(16)23-12)18-19-14-10-4-2-3-5-11(10)15-20-17-8-22(15)21-14/h2-8H,1H3,(H,19,21). The molecule has 1 N–H and O–H groups in total. The number of benzene rings is 1. The van der Waals surface area contributed by atoms with Gasteiger partial charge >= 0.3 is 0 Å². The van der Waals surface area contributed by atoms with E-state index in [9.17, 15) is 0 Å². The minimum Gasteiger partial charge on any atom is -0.259 e. The number of nitrogens with zero attached hydrogens (tertiary/aromatic N) is 5. The molecule has 0 amide bonds. The van der Waals surface area contributed by atoms with Crippen molar-refractivity contribution in [3.05, 3.63) is 51.9 Å². The van der Waals surface area contributed by atoms with Crippen molar-refractivity contribution in [2.24, 2.45) is 5.10 Å². The summed E-state index contributed by atoms with van der Waals surface area (Å²) in [4.78, 5) is 1.01. The first-order valence-corrected chi connectivity index (χ1v) is 8.06. The number of halogens is 1. The summed E-state index contributed by atoms with van der Waals surface area (Å²) >= 11 is 7.45. The number of nitrogens with one attached hydrogen (secondary N) is 1. The van der Waals surface area contributed by atoms with Gasteiger partial charge in [0.15, 0.2) is 11.5 Å². The quantitative estimate of drug-likeness (QED) is 0.454. The van der Waals surface area contributed by atoms with Crippen LogP contribution in [0.4, 0.5) is 5.82 Å². The fourth-order valence-corrected chi connectivity index (χ4v) is 3.30. The van der Waals surface area contributed by atoms with E-state index in [0.29, 0.717) is 5.82 Å². The lowest BCUT2D eigenvalue weighted by Gasteiger charge is -2.06. The predicted octanol–water partition coefficient (Wildman–Crippen LogP) is 3.83. The van der Waals surface area contributed by atoms with Gasteiger partial charge in [0.25, 0.3) is 0 Å². The highest BCUT2D eigenvalue weighted by Crippen LogP contribution is 2.25. The molecule has 114 valence electrons. The molecule has 0 saturated heterocycles. The van der Waals surface area contributed by atoms with Crippen LogP contribution in [0.2, 0.25) is 4.34 Å². The van der Waals surface area contributed by atoms with E-state index in [4.69, 9.17) is 11.6 Å². The molecule has 4 aromatic rings. The van der Waals surface area contributed by atoms with Gasteiger partial charge in [0.1, 0.15) is 6.33 Å². The Hall–Kier alpha value is -2.51. The van der Waals surface area contributed by atoms with E-state index in [1.54, 1.807) is 10.8 Å². The highest BCUT2D eigenvalue weighted by Gasteiger charge is 2.09. The first kappa shape index (κ1) is 14.1. The van der Waals surface area contributed by atoms with Gasteiger partial charge in [-0.1, -0.05) is 35.9 Å². The average molecular weight is 343 g/mol. The first-order chi connectivity index (χ1) is 11.2. The Bertz CT molecular complexity index is 1030. The van der Waals surface area contributed by atoms with Gasteiger partial charge < -0.3 is 0 Å². The van der Waals surface area contributed by atoms with Crippen LogP contribution in [0, 0.1) is 0 Å². The number of rotatable bonds is 3. The predicted molar refractivity (Wildman–Crippen MR) is 93.5 cm³/mol. The molecule has 1 aromatic carbocycles. The van der Waals surface area contributed by atoms with Crippen molar-refractivity contribution in [1.29, 1.82) is 0 Å². The van der Waals surface area contributed by atoms with Crippen LogP contribution in [-0.4, -0.2) is 25.5 Å². The van der Waals surface area contributed by atoms with E-state index in [2.05, 4.69) is 25.8 Å². The number of hydrazone groups is 1. The summed E-state index contributed by atoms with van der Waals surface area (Å²) in [6.07, 6.45) is 1.57. The number of anilines is 1. The number of hydrogen-bond acceptors (Lipinski definition) is 6. The highest BCUT2D eigenvalue weighted by atomic mass is 35.5. The zero-order chi connectivity index (χ0) is 15.8. The average Bonchev–Trinajstić information content (AvgIpc) is 3.21. The molecule has 0 spiro atoms. The third-order valence-corrected chi connectivity index (χ3v) is 4.76. The molecule has 0 fully saturated rings. The molecule has 0 unspecified atom stereocenters. The molecule has 6 nitrogen and oxygen atoms in total. The molecule has 0 aliphatic heterocycles. The van der Waals surface area contributed by atoms with Crippen molar-refractivity contribution in [1.82, 2.24) is 19.8 Å². The molecule has 3 aromatic heterocycles. The summed E-state index contributed by atoms with van der Waals surface area (Å²) in [5.74, 6) is 0.648. The van der Waals surface area contributed by atoms with E-state index < -0.39 is 0 Å². The van der Waals surface area contributed by atoms with Crippen molar-refractivity contribution in [3.8, 4) is 0 Å². The SMILES string of the molecule is CC(=NNc1nn2cnnc2c2ccccc12)c1ccc(Cl)s1. The van der Waals surface area contributed by atoms with E-state index in [0.717, 1.165) is 31.3 Å². The smallest absolute Gasteiger partial charge is 0.185 e. The second-order valence-electron chi connectivity index (χ2n) is 4.91. The van der Waals surface area contributed by atoms with Gasteiger partial charge in [0.2, 0.25) is 0 Å². The maximum atomic E-state index is 5.97. The Morgan fingerprint density at radius 2 is 2.04 bits per heavy atom. The van der Waals surface area contributed by atoms with Gasteiger partial charge in [-0.2, -0.15) is 9.62 Å². The third kappa shape index (κ3) is 2.54. The van der Waals surface area contributed by atoms with E-state index in [-0.39, 0.29) is 0 Å². The lowest BCUT2D eigenvalue weighted by molar-refractivity contribution is 0.934. The molecule has 3 heterocycles. The first-order valence-electron chi connectivity index (χ1n) is 6.87. The van der Waals surface area contributed by atoms with Crippen LogP contribution >= 0.6 is 22.9 Å². The zero-order valence-corrected chi connectivity index (χ0v) is 13.6.